The maximum absolute atomic E-state index is 13.3. The van der Waals surface area contributed by atoms with Gasteiger partial charge in [-0.1, -0.05) is 23.7 Å². The Bertz CT molecular complexity index is 1410. The normalized spacial score (nSPS) is 16.8. The van der Waals surface area contributed by atoms with Crippen molar-refractivity contribution in [3.63, 3.8) is 0 Å². The second-order valence-electron chi connectivity index (χ2n) is 10.2. The third-order valence-corrected chi connectivity index (χ3v) is 8.15. The molecule has 0 saturated carbocycles. The molecule has 2 aromatic heterocycles. The lowest BCUT2D eigenvalue weighted by atomic mass is 10.1. The number of likely N-dealkylation sites (N-methyl/N-ethyl adjacent to an activating group) is 1. The summed E-state index contributed by atoms with van der Waals surface area (Å²) in [5.41, 5.74) is 2.10. The van der Waals surface area contributed by atoms with Gasteiger partial charge in [-0.05, 0) is 71.0 Å². The quantitative estimate of drug-likeness (QED) is 0.345. The van der Waals surface area contributed by atoms with E-state index in [4.69, 9.17) is 16.6 Å². The Labute approximate surface area is 228 Å². The summed E-state index contributed by atoms with van der Waals surface area (Å²) in [4.78, 5) is 39.1. The van der Waals surface area contributed by atoms with Crippen LogP contribution in [0.2, 0.25) is 5.02 Å². The zero-order valence-corrected chi connectivity index (χ0v) is 23.9. The van der Waals surface area contributed by atoms with E-state index in [1.54, 1.807) is 37.6 Å². The highest BCUT2D eigenvalue weighted by Gasteiger charge is 2.27. The summed E-state index contributed by atoms with van der Waals surface area (Å²) in [5, 5.41) is 3.47. The molecule has 3 heterocycles. The van der Waals surface area contributed by atoms with E-state index in [0.29, 0.717) is 52.6 Å². The Hall–Kier alpha value is -3.00. The van der Waals surface area contributed by atoms with Gasteiger partial charge in [0.15, 0.2) is 0 Å². The molecule has 2 amide bonds. The zero-order valence-electron chi connectivity index (χ0n) is 22.2. The minimum absolute atomic E-state index is 0.0345. The first kappa shape index (κ1) is 28.0. The molecule has 11 heteroatoms. The summed E-state index contributed by atoms with van der Waals surface area (Å²) in [6.07, 6.45) is 7.60. The van der Waals surface area contributed by atoms with Crippen LogP contribution < -0.4 is 10.8 Å². The van der Waals surface area contributed by atoms with Crippen molar-refractivity contribution in [2.75, 3.05) is 52.4 Å². The van der Waals surface area contributed by atoms with E-state index in [9.17, 15) is 14.2 Å². The van der Waals surface area contributed by atoms with Crippen molar-refractivity contribution in [3.8, 4) is 0 Å². The number of pyridine rings is 1. The van der Waals surface area contributed by atoms with Crippen LogP contribution in [0.25, 0.3) is 11.0 Å². The largest absolute Gasteiger partial charge is 0.337 e. The molecule has 202 valence electrons. The minimum Gasteiger partial charge on any atom is -0.337 e. The van der Waals surface area contributed by atoms with Crippen molar-refractivity contribution in [3.05, 3.63) is 59.3 Å². The fraction of sp³-hybridized carbons (Fsp3) is 0.407. The molecule has 0 radical (unpaired) electrons. The average molecular weight is 557 g/mol. The molecular weight excluding hydrogens is 523 g/mol. The van der Waals surface area contributed by atoms with Crippen molar-refractivity contribution >= 4 is 53.0 Å². The predicted octanol–water partition coefficient (Wildman–Crippen LogP) is 4.26. The molecule has 9 nitrogen and oxygen atoms in total. The van der Waals surface area contributed by atoms with Gasteiger partial charge in [0.2, 0.25) is 11.9 Å². The Kier molecular flexibility index (Phi) is 8.71. The Morgan fingerprint density at radius 2 is 2.03 bits per heavy atom. The highest BCUT2D eigenvalue weighted by molar-refractivity contribution is 7.69. The SMILES string of the molecule is CN(C)C/C=C/C(=O)N1CCCC[C@@H](n2c(NC(=O)c3ccnc(P(C)(C)=O)c3)nc3cccc(Cl)c32)C1. The molecule has 1 aliphatic heterocycles. The number of benzene rings is 1. The summed E-state index contributed by atoms with van der Waals surface area (Å²) < 4.78 is 14.5. The molecule has 3 aromatic rings. The number of aromatic nitrogens is 3. The number of anilines is 1. The van der Waals surface area contributed by atoms with Crippen LogP contribution in [0.3, 0.4) is 0 Å². The van der Waals surface area contributed by atoms with E-state index in [1.807, 2.05) is 46.7 Å². The second-order valence-corrected chi connectivity index (χ2v) is 13.8. The number of nitrogens with one attached hydrogen (secondary N) is 1. The van der Waals surface area contributed by atoms with Gasteiger partial charge in [0.1, 0.15) is 12.6 Å². The number of imidazole rings is 1. The Morgan fingerprint density at radius 3 is 2.76 bits per heavy atom. The zero-order chi connectivity index (χ0) is 27.4. The topological polar surface area (TPSA) is 100 Å². The fourth-order valence-electron chi connectivity index (χ4n) is 4.58. The van der Waals surface area contributed by atoms with Gasteiger partial charge >= 0.3 is 0 Å². The molecule has 0 spiro atoms. The lowest BCUT2D eigenvalue weighted by Crippen LogP contribution is -2.34. The van der Waals surface area contributed by atoms with Crippen molar-refractivity contribution in [2.24, 2.45) is 0 Å². The Balaban J connectivity index is 1.68. The summed E-state index contributed by atoms with van der Waals surface area (Å²) >= 11 is 6.65. The van der Waals surface area contributed by atoms with Gasteiger partial charge < -0.3 is 18.9 Å². The maximum atomic E-state index is 13.3. The molecule has 1 aromatic carbocycles. The van der Waals surface area contributed by atoms with E-state index in [0.717, 1.165) is 19.3 Å². The average Bonchev–Trinajstić information content (AvgIpc) is 3.05. The molecule has 1 N–H and O–H groups in total. The smallest absolute Gasteiger partial charge is 0.258 e. The number of carbonyl (C=O) groups excluding carboxylic acids is 2. The summed E-state index contributed by atoms with van der Waals surface area (Å²) in [7, 11) is 1.27. The van der Waals surface area contributed by atoms with Gasteiger partial charge in [-0.3, -0.25) is 19.9 Å². The van der Waals surface area contributed by atoms with Crippen LogP contribution in [0.15, 0.2) is 48.7 Å². The van der Waals surface area contributed by atoms with Crippen LogP contribution in [0.4, 0.5) is 5.95 Å². The molecule has 1 saturated heterocycles. The van der Waals surface area contributed by atoms with Crippen LogP contribution >= 0.6 is 18.7 Å². The number of likely N-dealkylation sites (tertiary alicyclic amines) is 1. The van der Waals surface area contributed by atoms with Crippen LogP contribution in [-0.2, 0) is 9.36 Å². The highest BCUT2D eigenvalue weighted by Crippen LogP contribution is 2.35. The third-order valence-electron chi connectivity index (χ3n) is 6.50. The number of para-hydroxylation sites is 1. The minimum atomic E-state index is -2.64. The number of rotatable bonds is 7. The van der Waals surface area contributed by atoms with Gasteiger partial charge in [-0.25, -0.2) is 4.98 Å². The van der Waals surface area contributed by atoms with Gasteiger partial charge in [0, 0.05) is 37.5 Å². The number of hydrogen-bond donors (Lipinski definition) is 1. The number of carbonyl (C=O) groups is 2. The first-order valence-corrected chi connectivity index (χ1v) is 15.6. The van der Waals surface area contributed by atoms with Crippen molar-refractivity contribution in [1.29, 1.82) is 0 Å². The summed E-state index contributed by atoms with van der Waals surface area (Å²) in [6.45, 7) is 5.06. The molecule has 4 rings (SSSR count). The summed E-state index contributed by atoms with van der Waals surface area (Å²) in [5.74, 6) is -0.0641. The van der Waals surface area contributed by atoms with E-state index in [-0.39, 0.29) is 17.9 Å². The van der Waals surface area contributed by atoms with Crippen LogP contribution in [0.5, 0.6) is 0 Å². The predicted molar refractivity (Wildman–Crippen MR) is 153 cm³/mol. The summed E-state index contributed by atoms with van der Waals surface area (Å²) in [6, 6.07) is 8.48. The standard InChI is InChI=1S/C27H34ClN6O3P/c1-32(2)15-8-12-24(35)33-16-6-5-9-20(18-33)34-25-21(28)10-7-11-22(25)30-27(34)31-26(36)19-13-14-29-23(17-19)38(3,4)37/h7-8,10-14,17,20H,5-6,9,15-16,18H2,1-4H3,(H,30,31,36)/b12-8+/t20-/m1/s1. The molecule has 38 heavy (non-hydrogen) atoms. The molecule has 1 atom stereocenters. The molecular formula is C27H34ClN6O3P. The van der Waals surface area contributed by atoms with Gasteiger partial charge in [0.25, 0.3) is 5.91 Å². The third kappa shape index (κ3) is 6.52. The Morgan fingerprint density at radius 1 is 1.24 bits per heavy atom. The molecule has 0 bridgehead atoms. The van der Waals surface area contributed by atoms with Gasteiger partial charge in [-0.2, -0.15) is 0 Å². The number of fused-ring (bicyclic) bond motifs is 1. The van der Waals surface area contributed by atoms with Crippen LogP contribution in [0.1, 0.15) is 35.7 Å². The van der Waals surface area contributed by atoms with Gasteiger partial charge in [-0.15, -0.1) is 0 Å². The fourth-order valence-corrected chi connectivity index (χ4v) is 5.63. The van der Waals surface area contributed by atoms with E-state index in [2.05, 4.69) is 10.3 Å². The second kappa shape index (κ2) is 11.8. The van der Waals surface area contributed by atoms with Gasteiger partial charge in [0.05, 0.1) is 22.1 Å². The molecule has 0 aliphatic carbocycles. The van der Waals surface area contributed by atoms with Crippen LogP contribution in [0, 0.1) is 0 Å². The van der Waals surface area contributed by atoms with E-state index < -0.39 is 7.14 Å². The maximum Gasteiger partial charge on any atom is 0.258 e. The van der Waals surface area contributed by atoms with Crippen molar-refractivity contribution < 1.29 is 14.2 Å². The lowest BCUT2D eigenvalue weighted by Gasteiger charge is -2.26. The molecule has 1 aliphatic rings. The molecule has 1 fully saturated rings. The van der Waals surface area contributed by atoms with Crippen LogP contribution in [-0.4, -0.2) is 83.2 Å². The number of halogens is 1. The van der Waals surface area contributed by atoms with Crippen molar-refractivity contribution in [2.45, 2.75) is 25.3 Å². The monoisotopic (exact) mass is 556 g/mol. The number of amides is 2. The number of nitrogens with zero attached hydrogens (tertiary/aromatic N) is 5. The lowest BCUT2D eigenvalue weighted by molar-refractivity contribution is -0.126. The highest BCUT2D eigenvalue weighted by atomic mass is 35.5. The molecule has 0 unspecified atom stereocenters. The van der Waals surface area contributed by atoms with E-state index in [1.165, 1.54) is 6.20 Å². The van der Waals surface area contributed by atoms with Crippen molar-refractivity contribution in [1.82, 2.24) is 24.3 Å². The first-order chi connectivity index (χ1) is 18.0. The van der Waals surface area contributed by atoms with E-state index >= 15 is 0 Å². The first-order valence-electron chi connectivity index (χ1n) is 12.6. The number of hydrogen-bond acceptors (Lipinski definition) is 6.